The van der Waals surface area contributed by atoms with Gasteiger partial charge in [0.15, 0.2) is 0 Å². The summed E-state index contributed by atoms with van der Waals surface area (Å²) in [7, 11) is 0. The molecule has 1 fully saturated rings. The number of carboxylic acids is 1. The van der Waals surface area contributed by atoms with Crippen LogP contribution in [0.1, 0.15) is 30.1 Å². The quantitative estimate of drug-likeness (QED) is 0.848. The number of hydrogen-bond acceptors (Lipinski definition) is 2. The van der Waals surface area contributed by atoms with Crippen LogP contribution in [0.3, 0.4) is 0 Å². The minimum atomic E-state index is -0.933. The molecule has 0 saturated heterocycles. The monoisotopic (exact) mass is 220 g/mol. The van der Waals surface area contributed by atoms with E-state index < -0.39 is 5.97 Å². The van der Waals surface area contributed by atoms with Gasteiger partial charge in [0, 0.05) is 0 Å². The molecule has 0 heterocycles. The van der Waals surface area contributed by atoms with Crippen LogP contribution in [0.4, 0.5) is 0 Å². The summed E-state index contributed by atoms with van der Waals surface area (Å²) in [6.07, 6.45) is 2.38. The van der Waals surface area contributed by atoms with E-state index in [0.717, 1.165) is 5.92 Å². The molecule has 2 rings (SSSR count). The molecule has 0 atom stereocenters. The van der Waals surface area contributed by atoms with Crippen LogP contribution >= 0.6 is 0 Å². The summed E-state index contributed by atoms with van der Waals surface area (Å²) in [5.74, 6) is 0.937. The predicted molar refractivity (Wildman–Crippen MR) is 60.8 cm³/mol. The first-order chi connectivity index (χ1) is 7.66. The Morgan fingerprint density at radius 1 is 1.44 bits per heavy atom. The Balaban J connectivity index is 1.95. The van der Waals surface area contributed by atoms with Crippen molar-refractivity contribution in [2.24, 2.45) is 11.8 Å². The highest BCUT2D eigenvalue weighted by Crippen LogP contribution is 2.33. The standard InChI is InChI=1S/C13H16O3/c1-9-6-10(7-9)8-16-12-5-3-2-4-11(12)13(14)15/h2-5,9-10H,6-8H2,1H3,(H,14,15). The second kappa shape index (κ2) is 4.56. The molecule has 0 unspecified atom stereocenters. The van der Waals surface area contributed by atoms with Crippen molar-refractivity contribution < 1.29 is 14.6 Å². The zero-order valence-electron chi connectivity index (χ0n) is 9.35. The van der Waals surface area contributed by atoms with Crippen LogP contribution in [0.2, 0.25) is 0 Å². The van der Waals surface area contributed by atoms with Gasteiger partial charge in [-0.2, -0.15) is 0 Å². The lowest BCUT2D eigenvalue weighted by atomic mass is 9.77. The fourth-order valence-corrected chi connectivity index (χ4v) is 2.18. The molecule has 0 aliphatic heterocycles. The summed E-state index contributed by atoms with van der Waals surface area (Å²) in [5.41, 5.74) is 0.245. The molecule has 1 N–H and O–H groups in total. The summed E-state index contributed by atoms with van der Waals surface area (Å²) >= 11 is 0. The van der Waals surface area contributed by atoms with Crippen molar-refractivity contribution in [3.8, 4) is 5.75 Å². The van der Waals surface area contributed by atoms with Gasteiger partial charge in [0.05, 0.1) is 6.61 Å². The number of carboxylic acid groups (broad SMARTS) is 1. The largest absolute Gasteiger partial charge is 0.492 e. The number of benzene rings is 1. The molecule has 0 radical (unpaired) electrons. The highest BCUT2D eigenvalue weighted by molar-refractivity contribution is 5.90. The first kappa shape index (κ1) is 11.0. The molecule has 3 nitrogen and oxygen atoms in total. The van der Waals surface area contributed by atoms with Crippen molar-refractivity contribution in [1.82, 2.24) is 0 Å². The van der Waals surface area contributed by atoms with E-state index in [1.54, 1.807) is 24.3 Å². The topological polar surface area (TPSA) is 46.5 Å². The van der Waals surface area contributed by atoms with Gasteiger partial charge in [0.1, 0.15) is 11.3 Å². The van der Waals surface area contributed by atoms with E-state index in [2.05, 4.69) is 6.92 Å². The Morgan fingerprint density at radius 2 is 2.12 bits per heavy atom. The van der Waals surface area contributed by atoms with Crippen LogP contribution in [-0.2, 0) is 0 Å². The molecular formula is C13H16O3. The average molecular weight is 220 g/mol. The van der Waals surface area contributed by atoms with Gasteiger partial charge in [-0.15, -0.1) is 0 Å². The fraction of sp³-hybridized carbons (Fsp3) is 0.462. The number of ether oxygens (including phenoxy) is 1. The van der Waals surface area contributed by atoms with Gasteiger partial charge >= 0.3 is 5.97 Å². The Hall–Kier alpha value is -1.51. The van der Waals surface area contributed by atoms with E-state index in [9.17, 15) is 4.79 Å². The van der Waals surface area contributed by atoms with Crippen molar-refractivity contribution >= 4 is 5.97 Å². The molecule has 16 heavy (non-hydrogen) atoms. The van der Waals surface area contributed by atoms with Gasteiger partial charge in [0.25, 0.3) is 0 Å². The molecule has 3 heteroatoms. The summed E-state index contributed by atoms with van der Waals surface area (Å²) < 4.78 is 5.57. The molecule has 1 aliphatic carbocycles. The first-order valence-electron chi connectivity index (χ1n) is 5.62. The van der Waals surface area contributed by atoms with E-state index in [4.69, 9.17) is 9.84 Å². The SMILES string of the molecule is CC1CC(COc2ccccc2C(=O)O)C1. The number of carbonyl (C=O) groups is 1. The van der Waals surface area contributed by atoms with Gasteiger partial charge in [-0.3, -0.25) is 0 Å². The van der Waals surface area contributed by atoms with E-state index in [-0.39, 0.29) is 5.56 Å². The molecule has 1 aliphatic rings. The van der Waals surface area contributed by atoms with E-state index in [1.165, 1.54) is 12.8 Å². The van der Waals surface area contributed by atoms with Crippen molar-refractivity contribution in [3.05, 3.63) is 29.8 Å². The lowest BCUT2D eigenvalue weighted by Gasteiger charge is -2.32. The van der Waals surface area contributed by atoms with Crippen LogP contribution in [0, 0.1) is 11.8 Å². The molecule has 1 aromatic carbocycles. The predicted octanol–water partition coefficient (Wildman–Crippen LogP) is 2.81. The Bertz CT molecular complexity index is 381. The molecule has 1 saturated carbocycles. The van der Waals surface area contributed by atoms with E-state index in [1.807, 2.05) is 0 Å². The maximum atomic E-state index is 10.9. The van der Waals surface area contributed by atoms with Crippen molar-refractivity contribution in [2.45, 2.75) is 19.8 Å². The second-order valence-corrected chi connectivity index (χ2v) is 4.55. The molecule has 0 amide bonds. The van der Waals surface area contributed by atoms with Gasteiger partial charge < -0.3 is 9.84 Å². The fourth-order valence-electron chi connectivity index (χ4n) is 2.18. The molecule has 1 aromatic rings. The van der Waals surface area contributed by atoms with Crippen LogP contribution in [0.5, 0.6) is 5.75 Å². The smallest absolute Gasteiger partial charge is 0.339 e. The average Bonchev–Trinajstić information content (AvgIpc) is 2.23. The zero-order valence-corrected chi connectivity index (χ0v) is 9.35. The van der Waals surface area contributed by atoms with Crippen LogP contribution < -0.4 is 4.74 Å². The molecule has 0 bridgehead atoms. The maximum absolute atomic E-state index is 10.9. The Kier molecular flexibility index (Phi) is 3.13. The minimum Gasteiger partial charge on any atom is -0.492 e. The van der Waals surface area contributed by atoms with Crippen LogP contribution in [0.15, 0.2) is 24.3 Å². The summed E-state index contributed by atoms with van der Waals surface area (Å²) in [6, 6.07) is 6.79. The van der Waals surface area contributed by atoms with Crippen LogP contribution in [-0.4, -0.2) is 17.7 Å². The number of rotatable bonds is 4. The van der Waals surface area contributed by atoms with Crippen molar-refractivity contribution in [1.29, 1.82) is 0 Å². The van der Waals surface area contributed by atoms with Gasteiger partial charge in [0.2, 0.25) is 0 Å². The molecule has 86 valence electrons. The highest BCUT2D eigenvalue weighted by Gasteiger charge is 2.26. The second-order valence-electron chi connectivity index (χ2n) is 4.55. The molecule has 0 spiro atoms. The third-order valence-electron chi connectivity index (χ3n) is 3.06. The molecule has 0 aromatic heterocycles. The number of aromatic carboxylic acids is 1. The lowest BCUT2D eigenvalue weighted by Crippen LogP contribution is -2.26. The lowest BCUT2D eigenvalue weighted by molar-refractivity contribution is 0.0687. The number of hydrogen-bond donors (Lipinski definition) is 1. The summed E-state index contributed by atoms with van der Waals surface area (Å²) in [5, 5.41) is 8.96. The van der Waals surface area contributed by atoms with Crippen molar-refractivity contribution in [3.63, 3.8) is 0 Å². The van der Waals surface area contributed by atoms with Gasteiger partial charge in [-0.25, -0.2) is 4.79 Å². The van der Waals surface area contributed by atoms with E-state index in [0.29, 0.717) is 18.3 Å². The van der Waals surface area contributed by atoms with Gasteiger partial charge in [-0.05, 0) is 36.8 Å². The van der Waals surface area contributed by atoms with E-state index >= 15 is 0 Å². The minimum absolute atomic E-state index is 0.245. The van der Waals surface area contributed by atoms with Gasteiger partial charge in [-0.1, -0.05) is 19.1 Å². The third kappa shape index (κ3) is 2.35. The first-order valence-corrected chi connectivity index (χ1v) is 5.62. The summed E-state index contributed by atoms with van der Waals surface area (Å²) in [4.78, 5) is 10.9. The van der Waals surface area contributed by atoms with Crippen molar-refractivity contribution in [2.75, 3.05) is 6.61 Å². The maximum Gasteiger partial charge on any atom is 0.339 e. The third-order valence-corrected chi connectivity index (χ3v) is 3.06. The zero-order chi connectivity index (χ0) is 11.5. The van der Waals surface area contributed by atoms with Crippen LogP contribution in [0.25, 0.3) is 0 Å². The summed E-state index contributed by atoms with van der Waals surface area (Å²) in [6.45, 7) is 2.86. The molecular weight excluding hydrogens is 204 g/mol. The number of para-hydroxylation sites is 1. The highest BCUT2D eigenvalue weighted by atomic mass is 16.5. The normalized spacial score (nSPS) is 23.6. The Morgan fingerprint density at radius 3 is 2.75 bits per heavy atom. The Labute approximate surface area is 95.0 Å².